The Morgan fingerprint density at radius 1 is 1.38 bits per heavy atom. The van der Waals surface area contributed by atoms with Crippen LogP contribution in [0, 0.1) is 6.92 Å². The zero-order valence-corrected chi connectivity index (χ0v) is 13.3. The van der Waals surface area contributed by atoms with Gasteiger partial charge in [-0.05, 0) is 44.4 Å². The van der Waals surface area contributed by atoms with E-state index in [1.54, 1.807) is 0 Å². The minimum atomic E-state index is -0.305. The van der Waals surface area contributed by atoms with Crippen molar-refractivity contribution in [2.75, 3.05) is 11.9 Å². The average Bonchev–Trinajstić information content (AvgIpc) is 2.45. The third-order valence-electron chi connectivity index (χ3n) is 3.31. The molecule has 1 unspecified atom stereocenters. The quantitative estimate of drug-likeness (QED) is 0.724. The number of anilines is 1. The molecule has 0 aromatic heterocycles. The number of ether oxygens (including phenoxy) is 1. The minimum Gasteiger partial charge on any atom is -0.394 e. The van der Waals surface area contributed by atoms with Gasteiger partial charge in [0.1, 0.15) is 0 Å². The number of benzene rings is 1. The van der Waals surface area contributed by atoms with E-state index < -0.39 is 0 Å². The maximum Gasteiger partial charge on any atom is 0.319 e. The fourth-order valence-electron chi connectivity index (χ4n) is 1.85. The molecule has 0 heterocycles. The Kier molecular flexibility index (Phi) is 7.19. The van der Waals surface area contributed by atoms with Gasteiger partial charge in [0.15, 0.2) is 0 Å². The van der Waals surface area contributed by atoms with E-state index in [4.69, 9.17) is 9.84 Å². The van der Waals surface area contributed by atoms with E-state index in [1.807, 2.05) is 45.9 Å². The van der Waals surface area contributed by atoms with Crippen LogP contribution in [0.25, 0.3) is 0 Å². The van der Waals surface area contributed by atoms with Crippen molar-refractivity contribution >= 4 is 11.7 Å². The average molecular weight is 294 g/mol. The van der Waals surface area contributed by atoms with Crippen LogP contribution < -0.4 is 10.6 Å². The number of rotatable bonds is 7. The van der Waals surface area contributed by atoms with E-state index in [2.05, 4.69) is 10.6 Å². The van der Waals surface area contributed by atoms with E-state index in [1.165, 1.54) is 0 Å². The molecule has 5 nitrogen and oxygen atoms in total. The Bertz CT molecular complexity index is 457. The van der Waals surface area contributed by atoms with Gasteiger partial charge in [0.2, 0.25) is 0 Å². The first kappa shape index (κ1) is 17.5. The highest BCUT2D eigenvalue weighted by atomic mass is 16.5. The molecule has 0 aliphatic carbocycles. The standard InChI is InChI=1S/C16H26N2O3/c1-5-14(9-19)17-16(20)18-15-8-6-7-13(12(15)4)10-21-11(2)3/h6-8,11,14,19H,5,9-10H2,1-4H3,(H2,17,18,20). The van der Waals surface area contributed by atoms with Gasteiger partial charge in [0.25, 0.3) is 0 Å². The number of carbonyl (C=O) groups is 1. The molecule has 0 radical (unpaired) electrons. The van der Waals surface area contributed by atoms with E-state index >= 15 is 0 Å². The Balaban J connectivity index is 2.70. The monoisotopic (exact) mass is 294 g/mol. The molecule has 5 heteroatoms. The fraction of sp³-hybridized carbons (Fsp3) is 0.562. The van der Waals surface area contributed by atoms with Gasteiger partial charge in [0.05, 0.1) is 25.4 Å². The van der Waals surface area contributed by atoms with Crippen LogP contribution in [0.15, 0.2) is 18.2 Å². The Morgan fingerprint density at radius 2 is 2.10 bits per heavy atom. The second-order valence-electron chi connectivity index (χ2n) is 5.34. The molecule has 0 aliphatic rings. The van der Waals surface area contributed by atoms with Gasteiger partial charge in [0, 0.05) is 5.69 Å². The van der Waals surface area contributed by atoms with Crippen molar-refractivity contribution in [2.45, 2.75) is 52.9 Å². The predicted octanol–water partition coefficient (Wildman–Crippen LogP) is 2.81. The SMILES string of the molecule is CCC(CO)NC(=O)Nc1cccc(COC(C)C)c1C. The van der Waals surface area contributed by atoms with Crippen LogP contribution in [0.1, 0.15) is 38.3 Å². The van der Waals surface area contributed by atoms with Crippen LogP contribution in [-0.4, -0.2) is 29.9 Å². The van der Waals surface area contributed by atoms with Crippen molar-refractivity contribution in [3.63, 3.8) is 0 Å². The molecule has 0 saturated heterocycles. The maximum absolute atomic E-state index is 11.9. The molecule has 0 saturated carbocycles. The largest absolute Gasteiger partial charge is 0.394 e. The van der Waals surface area contributed by atoms with Crippen molar-refractivity contribution in [1.29, 1.82) is 0 Å². The molecule has 0 aliphatic heterocycles. The highest BCUT2D eigenvalue weighted by Crippen LogP contribution is 2.20. The summed E-state index contributed by atoms with van der Waals surface area (Å²) < 4.78 is 5.61. The number of aliphatic hydroxyl groups excluding tert-OH is 1. The summed E-state index contributed by atoms with van der Waals surface area (Å²) in [6, 6.07) is 5.21. The highest BCUT2D eigenvalue weighted by Gasteiger charge is 2.11. The van der Waals surface area contributed by atoms with Crippen molar-refractivity contribution < 1.29 is 14.6 Å². The van der Waals surface area contributed by atoms with Gasteiger partial charge >= 0.3 is 6.03 Å². The lowest BCUT2D eigenvalue weighted by Crippen LogP contribution is -2.39. The van der Waals surface area contributed by atoms with E-state index in [0.717, 1.165) is 16.8 Å². The third kappa shape index (κ3) is 5.73. The molecule has 1 aromatic carbocycles. The Labute approximate surface area is 126 Å². The smallest absolute Gasteiger partial charge is 0.319 e. The maximum atomic E-state index is 11.9. The van der Waals surface area contributed by atoms with Crippen LogP contribution in [0.3, 0.4) is 0 Å². The molecule has 1 aromatic rings. The van der Waals surface area contributed by atoms with Crippen molar-refractivity contribution in [2.24, 2.45) is 0 Å². The summed E-state index contributed by atoms with van der Waals surface area (Å²) in [6.45, 7) is 8.31. The predicted molar refractivity (Wildman–Crippen MR) is 84.4 cm³/mol. The van der Waals surface area contributed by atoms with Gasteiger partial charge in [-0.1, -0.05) is 19.1 Å². The van der Waals surface area contributed by atoms with Gasteiger partial charge in [-0.3, -0.25) is 0 Å². The van der Waals surface area contributed by atoms with Crippen LogP contribution >= 0.6 is 0 Å². The lowest BCUT2D eigenvalue weighted by atomic mass is 10.1. The van der Waals surface area contributed by atoms with Crippen LogP contribution in [0.2, 0.25) is 0 Å². The summed E-state index contributed by atoms with van der Waals surface area (Å²) in [4.78, 5) is 11.9. The number of carbonyl (C=O) groups excluding carboxylic acids is 1. The van der Waals surface area contributed by atoms with E-state index in [-0.39, 0.29) is 24.8 Å². The number of amides is 2. The van der Waals surface area contributed by atoms with Crippen LogP contribution in [0.5, 0.6) is 0 Å². The van der Waals surface area contributed by atoms with Crippen LogP contribution in [-0.2, 0) is 11.3 Å². The minimum absolute atomic E-state index is 0.0643. The normalized spacial score (nSPS) is 12.3. The molecule has 0 fully saturated rings. The third-order valence-corrected chi connectivity index (χ3v) is 3.31. The molecule has 1 atom stereocenters. The van der Waals surface area contributed by atoms with E-state index in [0.29, 0.717) is 13.0 Å². The second-order valence-corrected chi connectivity index (χ2v) is 5.34. The summed E-state index contributed by atoms with van der Waals surface area (Å²) in [6.07, 6.45) is 0.852. The first-order valence-corrected chi connectivity index (χ1v) is 7.36. The second kappa shape index (κ2) is 8.64. The molecular weight excluding hydrogens is 268 g/mol. The molecular formula is C16H26N2O3. The Morgan fingerprint density at radius 3 is 2.67 bits per heavy atom. The molecule has 1 rings (SSSR count). The van der Waals surface area contributed by atoms with Gasteiger partial charge < -0.3 is 20.5 Å². The summed E-state index contributed by atoms with van der Waals surface area (Å²) >= 11 is 0. The Hall–Kier alpha value is -1.59. The molecule has 3 N–H and O–H groups in total. The highest BCUT2D eigenvalue weighted by molar-refractivity contribution is 5.90. The van der Waals surface area contributed by atoms with Gasteiger partial charge in [-0.25, -0.2) is 4.79 Å². The first-order chi connectivity index (χ1) is 9.97. The number of nitrogens with one attached hydrogen (secondary N) is 2. The van der Waals surface area contributed by atoms with Crippen molar-refractivity contribution in [1.82, 2.24) is 5.32 Å². The lowest BCUT2D eigenvalue weighted by Gasteiger charge is -2.17. The molecule has 118 valence electrons. The summed E-state index contributed by atoms with van der Waals surface area (Å²) in [5.74, 6) is 0. The zero-order chi connectivity index (χ0) is 15.8. The van der Waals surface area contributed by atoms with Gasteiger partial charge in [-0.2, -0.15) is 0 Å². The topological polar surface area (TPSA) is 70.6 Å². The summed E-state index contributed by atoms with van der Waals surface area (Å²) in [7, 11) is 0. The molecule has 0 bridgehead atoms. The molecule has 21 heavy (non-hydrogen) atoms. The number of hydrogen-bond donors (Lipinski definition) is 3. The van der Waals surface area contributed by atoms with Crippen molar-refractivity contribution in [3.05, 3.63) is 29.3 Å². The van der Waals surface area contributed by atoms with E-state index in [9.17, 15) is 4.79 Å². The van der Waals surface area contributed by atoms with Gasteiger partial charge in [-0.15, -0.1) is 0 Å². The lowest BCUT2D eigenvalue weighted by molar-refractivity contribution is 0.0654. The first-order valence-electron chi connectivity index (χ1n) is 7.36. The number of hydrogen-bond acceptors (Lipinski definition) is 3. The zero-order valence-electron chi connectivity index (χ0n) is 13.3. The number of urea groups is 1. The fourth-order valence-corrected chi connectivity index (χ4v) is 1.85. The summed E-state index contributed by atoms with van der Waals surface area (Å²) in [5.41, 5.74) is 2.80. The molecule has 2 amide bonds. The van der Waals surface area contributed by atoms with Crippen LogP contribution in [0.4, 0.5) is 10.5 Å². The summed E-state index contributed by atoms with van der Waals surface area (Å²) in [5, 5.41) is 14.7. The number of aliphatic hydroxyl groups is 1. The molecule has 0 spiro atoms. The van der Waals surface area contributed by atoms with Crippen molar-refractivity contribution in [3.8, 4) is 0 Å².